The molecule has 0 bridgehead atoms. The van der Waals surface area contributed by atoms with Gasteiger partial charge in [0.15, 0.2) is 0 Å². The van der Waals surface area contributed by atoms with Gasteiger partial charge in [-0.25, -0.2) is 4.79 Å². The van der Waals surface area contributed by atoms with Crippen molar-refractivity contribution in [3.05, 3.63) is 71.8 Å². The molecular weight excluding hydrogens is 304 g/mol. The Morgan fingerprint density at radius 1 is 0.875 bits per heavy atom. The first-order valence-electron chi connectivity index (χ1n) is 8.00. The lowest BCUT2D eigenvalue weighted by atomic mass is 9.97. The van der Waals surface area contributed by atoms with Crippen LogP contribution in [0.4, 0.5) is 0 Å². The zero-order valence-electron chi connectivity index (χ0n) is 14.0. The molecule has 2 aromatic rings. The summed E-state index contributed by atoms with van der Waals surface area (Å²) in [5.41, 5.74) is 1.40. The van der Waals surface area contributed by atoms with Crippen molar-refractivity contribution in [1.82, 2.24) is 0 Å². The van der Waals surface area contributed by atoms with Gasteiger partial charge in [-0.1, -0.05) is 62.4 Å². The summed E-state index contributed by atoms with van der Waals surface area (Å²) in [6.45, 7) is 4.05. The largest absolute Gasteiger partial charge is 0.461 e. The van der Waals surface area contributed by atoms with Gasteiger partial charge < -0.3 is 9.47 Å². The molecular formula is C20H22O4. The van der Waals surface area contributed by atoms with Crippen molar-refractivity contribution in [3.8, 4) is 0 Å². The predicted molar refractivity (Wildman–Crippen MR) is 91.3 cm³/mol. The number of rotatable bonds is 7. The lowest BCUT2D eigenvalue weighted by molar-refractivity contribution is -0.153. The Morgan fingerprint density at radius 3 is 2.04 bits per heavy atom. The summed E-state index contributed by atoms with van der Waals surface area (Å²) >= 11 is 0. The van der Waals surface area contributed by atoms with E-state index in [9.17, 15) is 9.59 Å². The van der Waals surface area contributed by atoms with Crippen LogP contribution >= 0.6 is 0 Å². The van der Waals surface area contributed by atoms with Crippen molar-refractivity contribution >= 4 is 11.9 Å². The van der Waals surface area contributed by atoms with Gasteiger partial charge in [0.25, 0.3) is 0 Å². The van der Waals surface area contributed by atoms with Gasteiger partial charge in [0, 0.05) is 0 Å². The number of hydrogen-bond acceptors (Lipinski definition) is 4. The fourth-order valence-corrected chi connectivity index (χ4v) is 2.19. The minimum absolute atomic E-state index is 0.0110. The van der Waals surface area contributed by atoms with Crippen LogP contribution in [0.15, 0.2) is 60.7 Å². The molecule has 0 heterocycles. The number of carbonyl (C=O) groups is 2. The molecule has 0 saturated carbocycles. The molecule has 0 aliphatic rings. The molecule has 0 aliphatic carbocycles. The SMILES string of the molecule is CC(C)[C@H](COC(=O)c1ccccc1)C(=O)OCc1ccccc1. The van der Waals surface area contributed by atoms with Gasteiger partial charge in [0.1, 0.15) is 13.2 Å². The van der Waals surface area contributed by atoms with Crippen LogP contribution < -0.4 is 0 Å². The third-order valence-electron chi connectivity index (χ3n) is 3.73. The summed E-state index contributed by atoms with van der Waals surface area (Å²) in [7, 11) is 0. The molecule has 0 N–H and O–H groups in total. The van der Waals surface area contributed by atoms with Crippen LogP contribution in [-0.2, 0) is 20.9 Å². The third kappa shape index (κ3) is 5.23. The number of ether oxygens (including phenoxy) is 2. The first-order chi connectivity index (χ1) is 11.6. The molecule has 2 rings (SSSR count). The van der Waals surface area contributed by atoms with E-state index in [0.29, 0.717) is 5.56 Å². The molecule has 4 nitrogen and oxygen atoms in total. The Bertz CT molecular complexity index is 650. The normalized spacial score (nSPS) is 11.8. The average Bonchev–Trinajstić information content (AvgIpc) is 2.61. The second kappa shape index (κ2) is 8.87. The smallest absolute Gasteiger partial charge is 0.338 e. The topological polar surface area (TPSA) is 52.6 Å². The van der Waals surface area contributed by atoms with Crippen LogP contribution in [0, 0.1) is 11.8 Å². The Morgan fingerprint density at radius 2 is 1.46 bits per heavy atom. The van der Waals surface area contributed by atoms with Crippen molar-refractivity contribution in [2.45, 2.75) is 20.5 Å². The standard InChI is InChI=1S/C20H22O4/c1-15(2)18(14-24-19(21)17-11-7-4-8-12-17)20(22)23-13-16-9-5-3-6-10-16/h3-12,15,18H,13-14H2,1-2H3/t18-/m0/s1. The van der Waals surface area contributed by atoms with E-state index >= 15 is 0 Å². The summed E-state index contributed by atoms with van der Waals surface area (Å²) in [4.78, 5) is 24.3. The highest BCUT2D eigenvalue weighted by molar-refractivity contribution is 5.89. The van der Waals surface area contributed by atoms with Gasteiger partial charge in [0.05, 0.1) is 11.5 Å². The second-order valence-electron chi connectivity index (χ2n) is 5.91. The molecule has 24 heavy (non-hydrogen) atoms. The molecule has 0 saturated heterocycles. The van der Waals surface area contributed by atoms with Gasteiger partial charge in [-0.2, -0.15) is 0 Å². The highest BCUT2D eigenvalue weighted by Crippen LogP contribution is 2.16. The summed E-state index contributed by atoms with van der Waals surface area (Å²) in [6.07, 6.45) is 0. The fraction of sp³-hybridized carbons (Fsp3) is 0.300. The molecule has 0 amide bonds. The van der Waals surface area contributed by atoms with Crippen LogP contribution in [-0.4, -0.2) is 18.5 Å². The van der Waals surface area contributed by atoms with Crippen molar-refractivity contribution < 1.29 is 19.1 Å². The lowest BCUT2D eigenvalue weighted by Gasteiger charge is -2.19. The number of esters is 2. The Hall–Kier alpha value is -2.62. The molecule has 1 atom stereocenters. The van der Waals surface area contributed by atoms with E-state index < -0.39 is 11.9 Å². The molecule has 0 aromatic heterocycles. The van der Waals surface area contributed by atoms with E-state index in [-0.39, 0.29) is 25.1 Å². The predicted octanol–water partition coefficient (Wildman–Crippen LogP) is 3.86. The van der Waals surface area contributed by atoms with E-state index in [1.54, 1.807) is 24.3 Å². The highest BCUT2D eigenvalue weighted by Gasteiger charge is 2.26. The zero-order chi connectivity index (χ0) is 17.4. The first-order valence-corrected chi connectivity index (χ1v) is 8.00. The quantitative estimate of drug-likeness (QED) is 0.725. The summed E-state index contributed by atoms with van der Waals surface area (Å²) in [6, 6.07) is 18.2. The summed E-state index contributed by atoms with van der Waals surface area (Å²) in [5.74, 6) is -1.26. The summed E-state index contributed by atoms with van der Waals surface area (Å²) in [5, 5.41) is 0. The Balaban J connectivity index is 1.89. The van der Waals surface area contributed by atoms with E-state index in [0.717, 1.165) is 5.56 Å². The number of benzene rings is 2. The zero-order valence-corrected chi connectivity index (χ0v) is 14.0. The van der Waals surface area contributed by atoms with Crippen molar-refractivity contribution in [1.29, 1.82) is 0 Å². The van der Waals surface area contributed by atoms with E-state index in [1.807, 2.05) is 50.2 Å². The van der Waals surface area contributed by atoms with E-state index in [4.69, 9.17) is 9.47 Å². The lowest BCUT2D eigenvalue weighted by Crippen LogP contribution is -2.28. The van der Waals surface area contributed by atoms with Crippen molar-refractivity contribution in [3.63, 3.8) is 0 Å². The minimum atomic E-state index is -0.485. The van der Waals surface area contributed by atoms with E-state index in [1.165, 1.54) is 0 Å². The third-order valence-corrected chi connectivity index (χ3v) is 3.73. The minimum Gasteiger partial charge on any atom is -0.461 e. The molecule has 126 valence electrons. The highest BCUT2D eigenvalue weighted by atomic mass is 16.5. The molecule has 0 fully saturated rings. The number of hydrogen-bond donors (Lipinski definition) is 0. The molecule has 4 heteroatoms. The van der Waals surface area contributed by atoms with Crippen molar-refractivity contribution in [2.75, 3.05) is 6.61 Å². The summed E-state index contributed by atoms with van der Waals surface area (Å²) < 4.78 is 10.6. The van der Waals surface area contributed by atoms with Gasteiger partial charge in [-0.15, -0.1) is 0 Å². The van der Waals surface area contributed by atoms with Crippen molar-refractivity contribution in [2.24, 2.45) is 11.8 Å². The van der Waals surface area contributed by atoms with Crippen LogP contribution in [0.25, 0.3) is 0 Å². The van der Waals surface area contributed by atoms with Gasteiger partial charge in [-0.05, 0) is 23.6 Å². The van der Waals surface area contributed by atoms with Crippen LogP contribution in [0.3, 0.4) is 0 Å². The van der Waals surface area contributed by atoms with Gasteiger partial charge >= 0.3 is 11.9 Å². The Kier molecular flexibility index (Phi) is 6.55. The van der Waals surface area contributed by atoms with Crippen LogP contribution in [0.1, 0.15) is 29.8 Å². The van der Waals surface area contributed by atoms with Gasteiger partial charge in [-0.3, -0.25) is 4.79 Å². The average molecular weight is 326 g/mol. The van der Waals surface area contributed by atoms with Gasteiger partial charge in [0.2, 0.25) is 0 Å². The van der Waals surface area contributed by atoms with Crippen LogP contribution in [0.2, 0.25) is 0 Å². The van der Waals surface area contributed by atoms with Crippen LogP contribution in [0.5, 0.6) is 0 Å². The maximum atomic E-state index is 12.3. The molecule has 2 aromatic carbocycles. The maximum absolute atomic E-state index is 12.3. The molecule has 0 radical (unpaired) electrons. The van der Waals surface area contributed by atoms with E-state index in [2.05, 4.69) is 0 Å². The fourth-order valence-electron chi connectivity index (χ4n) is 2.19. The monoisotopic (exact) mass is 326 g/mol. The first kappa shape index (κ1) is 17.7. The number of carbonyl (C=O) groups excluding carboxylic acids is 2. The molecule has 0 unspecified atom stereocenters. The molecule has 0 spiro atoms. The maximum Gasteiger partial charge on any atom is 0.338 e. The second-order valence-corrected chi connectivity index (χ2v) is 5.91. The Labute approximate surface area is 142 Å². The molecule has 0 aliphatic heterocycles.